The van der Waals surface area contributed by atoms with Crippen LogP contribution in [0.3, 0.4) is 0 Å². The molecule has 0 aliphatic heterocycles. The van der Waals surface area contributed by atoms with E-state index in [2.05, 4.69) is 15.5 Å². The summed E-state index contributed by atoms with van der Waals surface area (Å²) in [4.78, 5) is 0. The van der Waals surface area contributed by atoms with E-state index >= 15 is 0 Å². The normalized spacial score (nSPS) is 10.6. The molecule has 0 amide bonds. The summed E-state index contributed by atoms with van der Waals surface area (Å²) < 4.78 is 18.5. The smallest absolute Gasteiger partial charge is 0.247 e. The Balaban J connectivity index is 1.73. The van der Waals surface area contributed by atoms with Gasteiger partial charge in [-0.1, -0.05) is 23.7 Å². The van der Waals surface area contributed by atoms with E-state index in [1.807, 2.05) is 24.3 Å². The number of nitrogens with one attached hydrogen (secondary N) is 1. The number of rotatable bonds is 4. The number of hydrogen-bond acceptors (Lipinski definition) is 4. The summed E-state index contributed by atoms with van der Waals surface area (Å²) in [7, 11) is 0. The van der Waals surface area contributed by atoms with Crippen molar-refractivity contribution in [3.8, 4) is 11.5 Å². The molecule has 1 aromatic heterocycles. The van der Waals surface area contributed by atoms with Gasteiger partial charge in [0.25, 0.3) is 0 Å². The summed E-state index contributed by atoms with van der Waals surface area (Å²) in [5, 5.41) is 10.8. The number of nitrogens with zero attached hydrogens (tertiary/aromatic N) is 2. The van der Waals surface area contributed by atoms with Crippen molar-refractivity contribution in [3.05, 3.63) is 65.3 Å². The minimum absolute atomic E-state index is 0.122. The zero-order chi connectivity index (χ0) is 14.7. The minimum Gasteiger partial charge on any atom is -0.423 e. The maximum Gasteiger partial charge on any atom is 0.247 e. The Morgan fingerprint density at radius 2 is 2.10 bits per heavy atom. The average Bonchev–Trinajstić information content (AvgIpc) is 3.03. The van der Waals surface area contributed by atoms with E-state index in [1.54, 1.807) is 12.1 Å². The molecule has 0 fully saturated rings. The summed E-state index contributed by atoms with van der Waals surface area (Å²) in [6.07, 6.45) is 1.28. The predicted molar refractivity (Wildman–Crippen MR) is 78.5 cm³/mol. The summed E-state index contributed by atoms with van der Waals surface area (Å²) in [6, 6.07) is 12.3. The molecule has 21 heavy (non-hydrogen) atoms. The van der Waals surface area contributed by atoms with Crippen LogP contribution in [0.15, 0.2) is 53.3 Å². The second-order valence-electron chi connectivity index (χ2n) is 4.43. The number of hydrogen-bond donors (Lipinski definition) is 1. The molecule has 0 unspecified atom stereocenters. The molecule has 0 bridgehead atoms. The highest BCUT2D eigenvalue weighted by atomic mass is 35.5. The van der Waals surface area contributed by atoms with Gasteiger partial charge >= 0.3 is 0 Å². The Morgan fingerprint density at radius 3 is 2.86 bits per heavy atom. The third-order valence-corrected chi connectivity index (χ3v) is 3.26. The van der Waals surface area contributed by atoms with Crippen molar-refractivity contribution in [3.63, 3.8) is 0 Å². The van der Waals surface area contributed by atoms with Crippen molar-refractivity contribution in [2.24, 2.45) is 0 Å². The lowest BCUT2D eigenvalue weighted by atomic mass is 10.2. The highest BCUT2D eigenvalue weighted by Crippen LogP contribution is 2.21. The Bertz CT molecular complexity index is 746. The Labute approximate surface area is 125 Å². The standard InChI is InChI=1S/C15H11ClFN3O/c16-13-5-4-10(6-14(13)17)8-18-12-3-1-2-11(7-12)15-20-19-9-21-15/h1-7,9,18H,8H2. The first kappa shape index (κ1) is 13.6. The van der Waals surface area contributed by atoms with Gasteiger partial charge in [0, 0.05) is 17.8 Å². The van der Waals surface area contributed by atoms with Crippen LogP contribution < -0.4 is 5.32 Å². The quantitative estimate of drug-likeness (QED) is 0.787. The summed E-state index contributed by atoms with van der Waals surface area (Å²) in [6.45, 7) is 0.487. The van der Waals surface area contributed by atoms with E-state index < -0.39 is 5.82 Å². The molecule has 0 aliphatic carbocycles. The molecule has 1 heterocycles. The fraction of sp³-hybridized carbons (Fsp3) is 0.0667. The van der Waals surface area contributed by atoms with Crippen molar-refractivity contribution in [1.29, 1.82) is 0 Å². The van der Waals surface area contributed by atoms with Crippen molar-refractivity contribution < 1.29 is 8.81 Å². The molecule has 0 atom stereocenters. The molecular weight excluding hydrogens is 293 g/mol. The van der Waals surface area contributed by atoms with Crippen LogP contribution >= 0.6 is 11.6 Å². The van der Waals surface area contributed by atoms with Crippen LogP contribution in [-0.4, -0.2) is 10.2 Å². The molecule has 3 aromatic rings. The zero-order valence-electron chi connectivity index (χ0n) is 10.9. The third-order valence-electron chi connectivity index (χ3n) is 2.95. The minimum atomic E-state index is -0.421. The first-order valence-electron chi connectivity index (χ1n) is 6.27. The van der Waals surface area contributed by atoms with Crippen LogP contribution in [-0.2, 0) is 6.54 Å². The molecular formula is C15H11ClFN3O. The Morgan fingerprint density at radius 1 is 1.19 bits per heavy atom. The lowest BCUT2D eigenvalue weighted by molar-refractivity contribution is 0.568. The molecule has 1 N–H and O–H groups in total. The van der Waals surface area contributed by atoms with Gasteiger partial charge in [0.1, 0.15) is 5.82 Å². The van der Waals surface area contributed by atoms with Gasteiger partial charge in [-0.3, -0.25) is 0 Å². The van der Waals surface area contributed by atoms with E-state index in [9.17, 15) is 4.39 Å². The van der Waals surface area contributed by atoms with Crippen LogP contribution in [0, 0.1) is 5.82 Å². The van der Waals surface area contributed by atoms with Crippen LogP contribution in [0.1, 0.15) is 5.56 Å². The first-order chi connectivity index (χ1) is 10.2. The van der Waals surface area contributed by atoms with Gasteiger partial charge in [-0.15, -0.1) is 10.2 Å². The largest absolute Gasteiger partial charge is 0.423 e. The van der Waals surface area contributed by atoms with E-state index in [1.165, 1.54) is 12.5 Å². The molecule has 106 valence electrons. The third kappa shape index (κ3) is 3.20. The molecule has 0 spiro atoms. The molecule has 0 aliphatic rings. The van der Waals surface area contributed by atoms with Crippen LogP contribution in [0.2, 0.25) is 5.02 Å². The maximum absolute atomic E-state index is 13.4. The highest BCUT2D eigenvalue weighted by Gasteiger charge is 2.05. The first-order valence-corrected chi connectivity index (χ1v) is 6.64. The molecule has 2 aromatic carbocycles. The van der Waals surface area contributed by atoms with Gasteiger partial charge in [0.05, 0.1) is 5.02 Å². The summed E-state index contributed by atoms with van der Waals surface area (Å²) >= 11 is 5.66. The Kier molecular flexibility index (Phi) is 3.83. The van der Waals surface area contributed by atoms with Gasteiger partial charge in [0.15, 0.2) is 0 Å². The second-order valence-corrected chi connectivity index (χ2v) is 4.83. The van der Waals surface area contributed by atoms with E-state index in [0.29, 0.717) is 12.4 Å². The molecule has 6 heteroatoms. The molecule has 0 radical (unpaired) electrons. The maximum atomic E-state index is 13.4. The second kappa shape index (κ2) is 5.93. The van der Waals surface area contributed by atoms with Gasteiger partial charge in [-0.25, -0.2) is 4.39 Å². The number of halogens is 2. The van der Waals surface area contributed by atoms with Crippen LogP contribution in [0.4, 0.5) is 10.1 Å². The van der Waals surface area contributed by atoms with E-state index in [0.717, 1.165) is 16.8 Å². The highest BCUT2D eigenvalue weighted by molar-refractivity contribution is 6.30. The Hall–Kier alpha value is -2.40. The molecule has 4 nitrogen and oxygen atoms in total. The predicted octanol–water partition coefficient (Wildman–Crippen LogP) is 4.14. The molecule has 0 saturated carbocycles. The number of benzene rings is 2. The summed E-state index contributed by atoms with van der Waals surface area (Å²) in [5.41, 5.74) is 2.50. The number of anilines is 1. The monoisotopic (exact) mass is 303 g/mol. The van der Waals surface area contributed by atoms with Crippen molar-refractivity contribution in [2.75, 3.05) is 5.32 Å². The van der Waals surface area contributed by atoms with Crippen molar-refractivity contribution in [2.45, 2.75) is 6.54 Å². The lowest BCUT2D eigenvalue weighted by Gasteiger charge is -2.08. The fourth-order valence-corrected chi connectivity index (χ4v) is 2.03. The van der Waals surface area contributed by atoms with Crippen LogP contribution in [0.25, 0.3) is 11.5 Å². The van der Waals surface area contributed by atoms with Crippen molar-refractivity contribution >= 4 is 17.3 Å². The summed E-state index contributed by atoms with van der Waals surface area (Å²) in [5.74, 6) is 0.0340. The van der Waals surface area contributed by atoms with Gasteiger partial charge in [0.2, 0.25) is 12.3 Å². The fourth-order valence-electron chi connectivity index (χ4n) is 1.91. The lowest BCUT2D eigenvalue weighted by Crippen LogP contribution is -2.00. The number of aromatic nitrogens is 2. The van der Waals surface area contributed by atoms with Gasteiger partial charge in [-0.2, -0.15) is 0 Å². The van der Waals surface area contributed by atoms with Gasteiger partial charge < -0.3 is 9.73 Å². The van der Waals surface area contributed by atoms with Crippen LogP contribution in [0.5, 0.6) is 0 Å². The molecule has 0 saturated heterocycles. The SMILES string of the molecule is Fc1cc(CNc2cccc(-c3nnco3)c2)ccc1Cl. The van der Waals surface area contributed by atoms with Gasteiger partial charge in [-0.05, 0) is 35.9 Å². The van der Waals surface area contributed by atoms with E-state index in [-0.39, 0.29) is 5.02 Å². The average molecular weight is 304 g/mol. The zero-order valence-corrected chi connectivity index (χ0v) is 11.6. The van der Waals surface area contributed by atoms with Crippen molar-refractivity contribution in [1.82, 2.24) is 10.2 Å². The topological polar surface area (TPSA) is 51.0 Å². The molecule has 3 rings (SSSR count). The van der Waals surface area contributed by atoms with E-state index in [4.69, 9.17) is 16.0 Å².